The molecule has 149 heavy (non-hydrogen) atoms. The van der Waals surface area contributed by atoms with Gasteiger partial charge in [-0.2, -0.15) is 0 Å². The maximum Gasteiger partial charge on any atom is 0.160 e. The van der Waals surface area contributed by atoms with Crippen LogP contribution in [0.25, 0.3) is 218 Å². The van der Waals surface area contributed by atoms with Gasteiger partial charge >= 0.3 is 0 Å². The van der Waals surface area contributed by atoms with E-state index < -0.39 is 0 Å². The van der Waals surface area contributed by atoms with E-state index in [0.29, 0.717) is 17.5 Å². The summed E-state index contributed by atoms with van der Waals surface area (Å²) in [6.45, 7) is 17.2. The van der Waals surface area contributed by atoms with E-state index in [1.165, 1.54) is 122 Å². The molecule has 6 heterocycles. The molecule has 0 unspecified atom stereocenters. The molecule has 0 atom stereocenters. The van der Waals surface area contributed by atoms with Crippen LogP contribution in [-0.4, -0.2) is 44.9 Å². The first-order chi connectivity index (χ1) is 73.2. The summed E-state index contributed by atoms with van der Waals surface area (Å²) in [7, 11) is 0. The molecule has 9 nitrogen and oxygen atoms in total. The number of hydrogen-bond donors (Lipinski definition) is 0. The van der Waals surface area contributed by atoms with Crippen molar-refractivity contribution in [1.82, 2.24) is 44.9 Å². The summed E-state index contributed by atoms with van der Waals surface area (Å²) in [5.41, 5.74) is 48.8. The average molecular weight is 1910 g/mol. The molecular weight excluding hydrogens is 1810 g/mol. The van der Waals surface area contributed by atoms with Gasteiger partial charge in [0.25, 0.3) is 0 Å². The smallest absolute Gasteiger partial charge is 0.160 e. The zero-order valence-electron chi connectivity index (χ0n) is 82.9. The van der Waals surface area contributed by atoms with E-state index in [4.69, 9.17) is 29.9 Å². The van der Waals surface area contributed by atoms with Crippen LogP contribution in [0.1, 0.15) is 78.0 Å². The summed E-state index contributed by atoms with van der Waals surface area (Å²) in [5, 5.41) is 2.63. The van der Waals surface area contributed by atoms with E-state index >= 15 is 0 Å². The predicted octanol–water partition coefficient (Wildman–Crippen LogP) is 34.8. The van der Waals surface area contributed by atoms with Gasteiger partial charge in [-0.1, -0.05) is 435 Å². The molecule has 0 fully saturated rings. The van der Waals surface area contributed by atoms with Crippen molar-refractivity contribution < 1.29 is 0 Å². The van der Waals surface area contributed by atoms with Crippen molar-refractivity contribution in [3.8, 4) is 202 Å². The Bertz CT molecular complexity index is 9150. The van der Waals surface area contributed by atoms with E-state index in [1.54, 1.807) is 30.7 Å². The number of allylic oxidation sites excluding steroid dienone is 4. The summed E-state index contributed by atoms with van der Waals surface area (Å²) >= 11 is 0. The van der Waals surface area contributed by atoms with Crippen molar-refractivity contribution in [3.05, 3.63) is 568 Å². The van der Waals surface area contributed by atoms with Gasteiger partial charge in [-0.15, -0.1) is 0 Å². The highest BCUT2D eigenvalue weighted by atomic mass is 14.9. The van der Waals surface area contributed by atoms with Gasteiger partial charge < -0.3 is 0 Å². The second-order valence-corrected chi connectivity index (χ2v) is 39.6. The van der Waals surface area contributed by atoms with Gasteiger partial charge in [-0.05, 0) is 239 Å². The van der Waals surface area contributed by atoms with Gasteiger partial charge in [-0.25, -0.2) is 29.9 Å². The van der Waals surface area contributed by atoms with Crippen molar-refractivity contribution in [2.24, 2.45) is 0 Å². The fourth-order valence-electron chi connectivity index (χ4n) is 22.8. The lowest BCUT2D eigenvalue weighted by atomic mass is 9.70. The van der Waals surface area contributed by atoms with Gasteiger partial charge in [-0.3, -0.25) is 15.0 Å². The molecule has 4 aliphatic rings. The van der Waals surface area contributed by atoms with Crippen LogP contribution >= 0.6 is 0 Å². The minimum atomic E-state index is -0.346. The Labute approximate surface area is 868 Å². The zero-order valence-corrected chi connectivity index (χ0v) is 82.9. The number of benzene rings is 17. The van der Waals surface area contributed by atoms with Crippen LogP contribution < -0.4 is 0 Å². The lowest BCUT2D eigenvalue weighted by Gasteiger charge is -2.30. The zero-order chi connectivity index (χ0) is 100. The van der Waals surface area contributed by atoms with Crippen LogP contribution in [-0.2, 0) is 16.2 Å². The van der Waals surface area contributed by atoms with Crippen LogP contribution in [0.2, 0.25) is 0 Å². The molecule has 0 saturated heterocycles. The number of fused-ring (bicyclic) bond motifs is 18. The molecule has 17 aromatic carbocycles. The Hall–Kier alpha value is -19.1. The van der Waals surface area contributed by atoms with E-state index in [9.17, 15) is 0 Å². The molecule has 23 aromatic rings. The highest BCUT2D eigenvalue weighted by molar-refractivity contribution is 6.00. The largest absolute Gasteiger partial charge is 0.264 e. The lowest BCUT2D eigenvalue weighted by Crippen LogP contribution is -2.25. The quantitative estimate of drug-likeness (QED) is 0.0822. The minimum Gasteiger partial charge on any atom is -0.264 e. The predicted molar refractivity (Wildman–Crippen MR) is 613 cm³/mol. The van der Waals surface area contributed by atoms with Crippen LogP contribution in [0.4, 0.5) is 0 Å². The van der Waals surface area contributed by atoms with Crippen LogP contribution in [0, 0.1) is 0 Å². The topological polar surface area (TPSA) is 116 Å². The Morgan fingerprint density at radius 1 is 0.215 bits per heavy atom. The van der Waals surface area contributed by atoms with E-state index in [1.807, 2.05) is 79.3 Å². The Morgan fingerprint density at radius 2 is 0.530 bits per heavy atom. The molecule has 27 rings (SSSR count). The number of nitrogens with zero attached hydrogens (tertiary/aromatic N) is 9. The van der Waals surface area contributed by atoms with Crippen molar-refractivity contribution in [3.63, 3.8) is 0 Å². The third kappa shape index (κ3) is 16.7. The first kappa shape index (κ1) is 91.1. The molecule has 0 N–H and O–H groups in total. The molecule has 4 aliphatic carbocycles. The summed E-state index contributed by atoms with van der Waals surface area (Å²) < 4.78 is 0. The van der Waals surface area contributed by atoms with Crippen molar-refractivity contribution >= 4 is 16.3 Å². The fraction of sp³-hybridized carbons (Fsp3) is 0.0500. The standard InChI is InChI=1S/C52H33N3.C46H33N3.C42H33N3/c1-2-12-36(13-3-1)51-54-49(35-25-23-34(24-26-35)40-16-11-29-53-33-40)32-50(55-51)39-15-10-14-37(30-39)38-27-28-48-44(31-38)43-19-6-9-22-47(43)52(48)45-20-7-4-17-41(45)42-18-5-8-21-46(42)52;1-46(2)41-27-35(22-23-39(41)40-24-21-31-10-6-7-16-38(31)44(40)46)34-13-8-14-36(26-34)43-28-42(48-45(49-43)33-11-4-3-5-12-33)32-19-17-30(18-20-32)37-15-9-25-47-29-37;1-5-11-28(6-2)41-44-39(30-19-17-29(18-20-30)34-14-10-23-43-27-34)26-40(45-41)33-13-9-12-31(24-33)32-21-22-38-36(25-32)35-15-7-8-16-37(35)42(38,3)4/h1-33H;3-29H,1-2H3;5-27H,1-2H2,3-4H3/b;;28-11+. The van der Waals surface area contributed by atoms with Gasteiger partial charge in [0.05, 0.1) is 39.6 Å². The Balaban J connectivity index is 0.000000117. The van der Waals surface area contributed by atoms with Crippen molar-refractivity contribution in [2.75, 3.05) is 0 Å². The molecular formula is C140H99N9. The van der Waals surface area contributed by atoms with E-state index in [2.05, 4.69) is 450 Å². The molecule has 0 amide bonds. The maximum absolute atomic E-state index is 5.16. The molecule has 0 radical (unpaired) electrons. The van der Waals surface area contributed by atoms with Gasteiger partial charge in [0.1, 0.15) is 0 Å². The fourth-order valence-corrected chi connectivity index (χ4v) is 22.8. The molecule has 0 aliphatic heterocycles. The molecule has 0 saturated carbocycles. The number of pyridine rings is 3. The Kier molecular flexibility index (Phi) is 23.4. The highest BCUT2D eigenvalue weighted by Crippen LogP contribution is 2.64. The SMILES string of the molecule is C=C/C=C(\C=C)c1nc(-c2ccc(-c3cccnc3)cc2)cc(-c2cccc(-c3ccc4c(c3)-c3ccccc3C4(C)C)c2)n1.CC1(C)c2cc(-c3cccc(-c4cc(-c5ccc(-c6cccnc6)cc5)nc(-c5ccccc5)n4)c3)ccc2-c2ccc3ccccc3c21.c1ccc(-c2nc(-c3ccc(-c4cccnc4)cc3)cc(-c3cccc(-c4ccc5c(c4)-c4ccccc4C54c5ccccc5-c5ccccc54)c3)n2)cc1. The van der Waals surface area contributed by atoms with Crippen molar-refractivity contribution in [2.45, 2.75) is 43.9 Å². The van der Waals surface area contributed by atoms with Gasteiger partial charge in [0.2, 0.25) is 0 Å². The summed E-state index contributed by atoms with van der Waals surface area (Å²) in [5.74, 6) is 2.01. The maximum atomic E-state index is 5.16. The normalized spacial score (nSPS) is 13.0. The molecule has 1 spiro atoms. The van der Waals surface area contributed by atoms with Crippen LogP contribution in [0.5, 0.6) is 0 Å². The second-order valence-electron chi connectivity index (χ2n) is 39.6. The monoisotopic (exact) mass is 1910 g/mol. The molecule has 6 aromatic heterocycles. The molecule has 9 heteroatoms. The van der Waals surface area contributed by atoms with E-state index in [-0.39, 0.29) is 16.2 Å². The lowest BCUT2D eigenvalue weighted by molar-refractivity contribution is 0.660. The summed E-state index contributed by atoms with van der Waals surface area (Å²) in [6, 6.07) is 160. The summed E-state index contributed by atoms with van der Waals surface area (Å²) in [6.07, 6.45) is 16.4. The minimum absolute atomic E-state index is 0.0158. The van der Waals surface area contributed by atoms with Crippen LogP contribution in [0.3, 0.4) is 0 Å². The van der Waals surface area contributed by atoms with Crippen LogP contribution in [0.15, 0.2) is 517 Å². The third-order valence-electron chi connectivity index (χ3n) is 30.1. The second kappa shape index (κ2) is 38.2. The molecule has 0 bridgehead atoms. The number of rotatable bonds is 17. The Morgan fingerprint density at radius 3 is 0.980 bits per heavy atom. The number of aromatic nitrogens is 9. The van der Waals surface area contributed by atoms with E-state index in [0.717, 1.165) is 129 Å². The first-order valence-corrected chi connectivity index (χ1v) is 50.7. The average Bonchev–Trinajstić information content (AvgIpc) is 1.50. The van der Waals surface area contributed by atoms with Crippen molar-refractivity contribution in [1.29, 1.82) is 0 Å². The third-order valence-corrected chi connectivity index (χ3v) is 30.1. The first-order valence-electron chi connectivity index (χ1n) is 50.7. The molecule has 704 valence electrons. The van der Waals surface area contributed by atoms with Gasteiger partial charge in [0, 0.05) is 98.1 Å². The highest BCUT2D eigenvalue weighted by Gasteiger charge is 2.52. The van der Waals surface area contributed by atoms with Gasteiger partial charge in [0.15, 0.2) is 17.5 Å². The summed E-state index contributed by atoms with van der Waals surface area (Å²) in [4.78, 5) is 43.2. The number of hydrogen-bond acceptors (Lipinski definition) is 9.